The van der Waals surface area contributed by atoms with Gasteiger partial charge >= 0.3 is 0 Å². The standard InChI is InChI=1S/C11H17NO/c1-8-5-4-6-9(2)11(8)13-10(3)7-12/h4-6,10H,7,12H2,1-3H3. The zero-order valence-corrected chi connectivity index (χ0v) is 8.50. The van der Waals surface area contributed by atoms with Gasteiger partial charge in [-0.2, -0.15) is 0 Å². The van der Waals surface area contributed by atoms with Crippen LogP contribution in [0.1, 0.15) is 18.1 Å². The SMILES string of the molecule is Cc1cccc(C)c1OC(C)CN. The first-order valence-electron chi connectivity index (χ1n) is 4.58. The van der Waals surface area contributed by atoms with Gasteiger partial charge in [-0.3, -0.25) is 0 Å². The molecule has 0 amide bonds. The molecule has 13 heavy (non-hydrogen) atoms. The van der Waals surface area contributed by atoms with E-state index >= 15 is 0 Å². The molecule has 2 heteroatoms. The van der Waals surface area contributed by atoms with Crippen LogP contribution in [0.25, 0.3) is 0 Å². The Balaban J connectivity index is 2.87. The zero-order chi connectivity index (χ0) is 9.84. The van der Waals surface area contributed by atoms with Crippen LogP contribution in [0.3, 0.4) is 0 Å². The van der Waals surface area contributed by atoms with Crippen LogP contribution in [0.2, 0.25) is 0 Å². The molecule has 0 aliphatic carbocycles. The second kappa shape index (κ2) is 4.28. The van der Waals surface area contributed by atoms with Crippen LogP contribution >= 0.6 is 0 Å². The molecular formula is C11H17NO. The molecule has 0 aromatic heterocycles. The first-order valence-corrected chi connectivity index (χ1v) is 4.58. The molecule has 0 radical (unpaired) electrons. The van der Waals surface area contributed by atoms with Gasteiger partial charge in [0.25, 0.3) is 0 Å². The van der Waals surface area contributed by atoms with Crippen LogP contribution in [0.5, 0.6) is 5.75 Å². The topological polar surface area (TPSA) is 35.2 Å². The maximum atomic E-state index is 5.70. The molecule has 1 rings (SSSR count). The summed E-state index contributed by atoms with van der Waals surface area (Å²) in [5.74, 6) is 0.973. The third-order valence-corrected chi connectivity index (χ3v) is 2.06. The lowest BCUT2D eigenvalue weighted by molar-refractivity contribution is 0.227. The van der Waals surface area contributed by atoms with E-state index in [-0.39, 0.29) is 6.10 Å². The highest BCUT2D eigenvalue weighted by Crippen LogP contribution is 2.23. The maximum Gasteiger partial charge on any atom is 0.125 e. The first-order chi connectivity index (χ1) is 6.15. The normalized spacial score (nSPS) is 12.6. The van der Waals surface area contributed by atoms with E-state index in [0.29, 0.717) is 6.54 Å². The van der Waals surface area contributed by atoms with E-state index in [9.17, 15) is 0 Å². The van der Waals surface area contributed by atoms with E-state index in [1.807, 2.05) is 39.0 Å². The summed E-state index contributed by atoms with van der Waals surface area (Å²) in [7, 11) is 0. The number of rotatable bonds is 3. The summed E-state index contributed by atoms with van der Waals surface area (Å²) < 4.78 is 5.70. The van der Waals surface area contributed by atoms with E-state index < -0.39 is 0 Å². The molecule has 0 saturated heterocycles. The van der Waals surface area contributed by atoms with Crippen molar-refractivity contribution < 1.29 is 4.74 Å². The maximum absolute atomic E-state index is 5.70. The number of ether oxygens (including phenoxy) is 1. The van der Waals surface area contributed by atoms with Gasteiger partial charge in [-0.15, -0.1) is 0 Å². The Labute approximate surface area is 79.7 Å². The Morgan fingerprint density at radius 3 is 2.31 bits per heavy atom. The summed E-state index contributed by atoms with van der Waals surface area (Å²) in [5, 5.41) is 0. The molecule has 0 fully saturated rings. The molecule has 0 saturated carbocycles. The number of hydrogen-bond donors (Lipinski definition) is 1. The van der Waals surface area contributed by atoms with Crippen LogP contribution in [0.15, 0.2) is 18.2 Å². The molecule has 1 unspecified atom stereocenters. The lowest BCUT2D eigenvalue weighted by Gasteiger charge is -2.16. The fraction of sp³-hybridized carbons (Fsp3) is 0.455. The van der Waals surface area contributed by atoms with Crippen molar-refractivity contribution in [3.63, 3.8) is 0 Å². The number of nitrogens with two attached hydrogens (primary N) is 1. The van der Waals surface area contributed by atoms with E-state index in [1.54, 1.807) is 0 Å². The van der Waals surface area contributed by atoms with Crippen molar-refractivity contribution in [3.8, 4) is 5.75 Å². The molecule has 0 heterocycles. The molecule has 2 nitrogen and oxygen atoms in total. The average Bonchev–Trinajstić information content (AvgIpc) is 2.11. The van der Waals surface area contributed by atoms with Crippen LogP contribution in [0.4, 0.5) is 0 Å². The predicted octanol–water partition coefficient (Wildman–Crippen LogP) is 2.03. The molecule has 1 atom stereocenters. The summed E-state index contributed by atoms with van der Waals surface area (Å²) in [6.07, 6.45) is 0.0831. The smallest absolute Gasteiger partial charge is 0.125 e. The fourth-order valence-electron chi connectivity index (χ4n) is 1.23. The van der Waals surface area contributed by atoms with Crippen molar-refractivity contribution in [3.05, 3.63) is 29.3 Å². The van der Waals surface area contributed by atoms with Gasteiger partial charge in [-0.25, -0.2) is 0 Å². The highest BCUT2D eigenvalue weighted by atomic mass is 16.5. The lowest BCUT2D eigenvalue weighted by Crippen LogP contribution is -2.23. The highest BCUT2D eigenvalue weighted by molar-refractivity contribution is 5.39. The minimum Gasteiger partial charge on any atom is -0.489 e. The van der Waals surface area contributed by atoms with Crippen LogP contribution < -0.4 is 10.5 Å². The van der Waals surface area contributed by atoms with Gasteiger partial charge in [0, 0.05) is 6.54 Å². The molecule has 0 aliphatic rings. The van der Waals surface area contributed by atoms with Gasteiger partial charge in [0.05, 0.1) is 0 Å². The second-order valence-corrected chi connectivity index (χ2v) is 3.39. The Morgan fingerprint density at radius 1 is 1.31 bits per heavy atom. The third-order valence-electron chi connectivity index (χ3n) is 2.06. The second-order valence-electron chi connectivity index (χ2n) is 3.39. The molecule has 1 aromatic carbocycles. The van der Waals surface area contributed by atoms with Crippen LogP contribution in [-0.2, 0) is 0 Å². The van der Waals surface area contributed by atoms with E-state index in [2.05, 4.69) is 0 Å². The van der Waals surface area contributed by atoms with E-state index in [4.69, 9.17) is 10.5 Å². The van der Waals surface area contributed by atoms with E-state index in [0.717, 1.165) is 5.75 Å². The van der Waals surface area contributed by atoms with Crippen molar-refractivity contribution in [1.82, 2.24) is 0 Å². The Morgan fingerprint density at radius 2 is 1.85 bits per heavy atom. The number of benzene rings is 1. The minimum absolute atomic E-state index is 0.0831. The molecule has 0 spiro atoms. The number of hydrogen-bond acceptors (Lipinski definition) is 2. The molecule has 2 N–H and O–H groups in total. The Kier molecular flexibility index (Phi) is 3.32. The molecule has 0 aliphatic heterocycles. The largest absolute Gasteiger partial charge is 0.489 e. The fourth-order valence-corrected chi connectivity index (χ4v) is 1.23. The third kappa shape index (κ3) is 2.46. The van der Waals surface area contributed by atoms with Crippen LogP contribution in [-0.4, -0.2) is 12.6 Å². The van der Waals surface area contributed by atoms with Crippen LogP contribution in [0, 0.1) is 13.8 Å². The quantitative estimate of drug-likeness (QED) is 0.770. The summed E-state index contributed by atoms with van der Waals surface area (Å²) >= 11 is 0. The van der Waals surface area contributed by atoms with Gasteiger partial charge in [-0.05, 0) is 31.9 Å². The average molecular weight is 179 g/mol. The molecule has 72 valence electrons. The molecular weight excluding hydrogens is 162 g/mol. The number of aryl methyl sites for hydroxylation is 2. The van der Waals surface area contributed by atoms with Crippen molar-refractivity contribution in [1.29, 1.82) is 0 Å². The zero-order valence-electron chi connectivity index (χ0n) is 8.50. The van der Waals surface area contributed by atoms with Crippen molar-refractivity contribution in [2.45, 2.75) is 26.9 Å². The van der Waals surface area contributed by atoms with Gasteiger partial charge in [0.1, 0.15) is 11.9 Å². The van der Waals surface area contributed by atoms with E-state index in [1.165, 1.54) is 11.1 Å². The molecule has 0 bridgehead atoms. The summed E-state index contributed by atoms with van der Waals surface area (Å²) in [4.78, 5) is 0. The first kappa shape index (κ1) is 10.1. The summed E-state index contributed by atoms with van der Waals surface area (Å²) in [6.45, 7) is 6.62. The minimum atomic E-state index is 0.0831. The Bertz CT molecular complexity index is 263. The number of para-hydroxylation sites is 1. The highest BCUT2D eigenvalue weighted by Gasteiger charge is 2.06. The van der Waals surface area contributed by atoms with Gasteiger partial charge in [0.15, 0.2) is 0 Å². The van der Waals surface area contributed by atoms with Gasteiger partial charge in [-0.1, -0.05) is 18.2 Å². The summed E-state index contributed by atoms with van der Waals surface area (Å²) in [6, 6.07) is 6.13. The van der Waals surface area contributed by atoms with Gasteiger partial charge < -0.3 is 10.5 Å². The van der Waals surface area contributed by atoms with Gasteiger partial charge in [0.2, 0.25) is 0 Å². The predicted molar refractivity (Wildman–Crippen MR) is 55.1 cm³/mol. The Hall–Kier alpha value is -1.02. The monoisotopic (exact) mass is 179 g/mol. The van der Waals surface area contributed by atoms with Crippen molar-refractivity contribution in [2.75, 3.05) is 6.54 Å². The van der Waals surface area contributed by atoms with Crippen molar-refractivity contribution in [2.24, 2.45) is 5.73 Å². The van der Waals surface area contributed by atoms with Crippen molar-refractivity contribution >= 4 is 0 Å². The lowest BCUT2D eigenvalue weighted by atomic mass is 10.1. The molecule has 1 aromatic rings. The summed E-state index contributed by atoms with van der Waals surface area (Å²) in [5.41, 5.74) is 7.83.